The van der Waals surface area contributed by atoms with E-state index in [1.165, 1.54) is 0 Å². The first kappa shape index (κ1) is 26.1. The summed E-state index contributed by atoms with van der Waals surface area (Å²) in [5.41, 5.74) is 2.98. The Kier molecular flexibility index (Phi) is 10.2. The van der Waals surface area contributed by atoms with Crippen molar-refractivity contribution in [1.82, 2.24) is 0 Å². The number of methoxy groups -OCH3 is 3. The highest BCUT2D eigenvalue weighted by molar-refractivity contribution is 6.61. The van der Waals surface area contributed by atoms with E-state index in [4.69, 9.17) is 39.1 Å². The molecule has 0 aliphatic heterocycles. The molecule has 3 aromatic carbocycles. The van der Waals surface area contributed by atoms with Crippen LogP contribution in [0, 0.1) is 0 Å². The number of hydrogen-bond donors (Lipinski definition) is 0. The standard InChI is InChI=1S/C26H31ClO6Si/c1-28-24-10-4-21(5-11-24)18-31-34(17-16-27,32-19-22-6-12-25(29-2)13-7-22)33-20-23-8-14-26(30-3)15-9-23/h4-15H,16-20H2,1-3H3. The van der Waals surface area contributed by atoms with Crippen LogP contribution in [0.5, 0.6) is 17.2 Å². The molecule has 0 spiro atoms. The van der Waals surface area contributed by atoms with Crippen LogP contribution in [0.15, 0.2) is 72.8 Å². The van der Waals surface area contributed by atoms with Gasteiger partial charge in [-0.1, -0.05) is 36.4 Å². The van der Waals surface area contributed by atoms with Crippen molar-refractivity contribution in [3.63, 3.8) is 0 Å². The second-order valence-electron chi connectivity index (χ2n) is 7.53. The fourth-order valence-electron chi connectivity index (χ4n) is 3.20. The van der Waals surface area contributed by atoms with Crippen molar-refractivity contribution in [3.05, 3.63) is 89.5 Å². The molecule has 0 saturated heterocycles. The van der Waals surface area contributed by atoms with E-state index in [1.54, 1.807) is 21.3 Å². The van der Waals surface area contributed by atoms with E-state index >= 15 is 0 Å². The Labute approximate surface area is 207 Å². The molecule has 34 heavy (non-hydrogen) atoms. The van der Waals surface area contributed by atoms with E-state index in [0.717, 1.165) is 33.9 Å². The molecule has 0 aromatic heterocycles. The molecule has 0 fully saturated rings. The van der Waals surface area contributed by atoms with Crippen LogP contribution in [0.2, 0.25) is 6.04 Å². The highest BCUT2D eigenvalue weighted by Gasteiger charge is 2.41. The van der Waals surface area contributed by atoms with Crippen LogP contribution in [-0.4, -0.2) is 36.0 Å². The van der Waals surface area contributed by atoms with Crippen molar-refractivity contribution < 1.29 is 27.5 Å². The highest BCUT2D eigenvalue weighted by atomic mass is 35.5. The summed E-state index contributed by atoms with van der Waals surface area (Å²) in [5, 5.41) is 0. The zero-order valence-electron chi connectivity index (χ0n) is 19.8. The number of benzene rings is 3. The monoisotopic (exact) mass is 502 g/mol. The third-order valence-electron chi connectivity index (χ3n) is 5.25. The smallest absolute Gasteiger partial charge is 0.497 e. The molecule has 0 aliphatic carbocycles. The van der Waals surface area contributed by atoms with Gasteiger partial charge in [0, 0.05) is 11.9 Å². The lowest BCUT2D eigenvalue weighted by atomic mass is 10.2. The van der Waals surface area contributed by atoms with E-state index in [1.807, 2.05) is 72.8 Å². The van der Waals surface area contributed by atoms with Crippen molar-refractivity contribution in [1.29, 1.82) is 0 Å². The summed E-state index contributed by atoms with van der Waals surface area (Å²) in [6, 6.07) is 23.7. The molecule has 182 valence electrons. The number of ether oxygens (including phenoxy) is 3. The number of alkyl halides is 1. The van der Waals surface area contributed by atoms with Gasteiger partial charge in [-0.15, -0.1) is 11.6 Å². The van der Waals surface area contributed by atoms with Crippen LogP contribution in [-0.2, 0) is 33.1 Å². The normalized spacial score (nSPS) is 11.3. The SMILES string of the molecule is COc1ccc(CO[Si](CCCl)(OCc2ccc(OC)cc2)OCc2ccc(OC)cc2)cc1. The summed E-state index contributed by atoms with van der Waals surface area (Å²) < 4.78 is 34.9. The Balaban J connectivity index is 1.75. The maximum absolute atomic E-state index is 6.38. The Morgan fingerprint density at radius 2 is 0.824 bits per heavy atom. The third-order valence-corrected chi connectivity index (χ3v) is 8.37. The molecule has 3 aromatic rings. The average molecular weight is 503 g/mol. The zero-order chi connectivity index (χ0) is 24.2. The predicted octanol–water partition coefficient (Wildman–Crippen LogP) is 5.84. The number of hydrogen-bond acceptors (Lipinski definition) is 6. The van der Waals surface area contributed by atoms with Crippen LogP contribution >= 0.6 is 11.6 Å². The zero-order valence-corrected chi connectivity index (χ0v) is 21.5. The predicted molar refractivity (Wildman–Crippen MR) is 135 cm³/mol. The van der Waals surface area contributed by atoms with Crippen LogP contribution in [0.1, 0.15) is 16.7 Å². The molecule has 0 radical (unpaired) electrons. The van der Waals surface area contributed by atoms with Gasteiger partial charge in [0.1, 0.15) is 17.2 Å². The van der Waals surface area contributed by atoms with Crippen molar-refractivity contribution >= 4 is 20.4 Å². The van der Waals surface area contributed by atoms with Crippen molar-refractivity contribution in [3.8, 4) is 17.2 Å². The molecule has 0 N–H and O–H groups in total. The van der Waals surface area contributed by atoms with Gasteiger partial charge in [0.15, 0.2) is 0 Å². The van der Waals surface area contributed by atoms with Crippen LogP contribution in [0.3, 0.4) is 0 Å². The maximum Gasteiger partial charge on any atom is 0.503 e. The molecular formula is C26H31ClO6Si. The van der Waals surface area contributed by atoms with Crippen LogP contribution in [0.25, 0.3) is 0 Å². The quantitative estimate of drug-likeness (QED) is 0.204. The Morgan fingerprint density at radius 1 is 0.529 bits per heavy atom. The number of halogens is 1. The molecule has 0 amide bonds. The Hall–Kier alpha value is -2.55. The second kappa shape index (κ2) is 13.4. The van der Waals surface area contributed by atoms with Crippen molar-refractivity contribution in [2.75, 3.05) is 27.2 Å². The first-order valence-electron chi connectivity index (χ1n) is 11.0. The molecule has 0 unspecified atom stereocenters. The van der Waals surface area contributed by atoms with E-state index in [2.05, 4.69) is 0 Å². The van der Waals surface area contributed by atoms with Gasteiger partial charge < -0.3 is 27.5 Å². The third kappa shape index (κ3) is 7.75. The van der Waals surface area contributed by atoms with Gasteiger partial charge in [0.2, 0.25) is 0 Å². The van der Waals surface area contributed by atoms with Crippen molar-refractivity contribution in [2.45, 2.75) is 25.9 Å². The first-order chi connectivity index (χ1) is 16.6. The summed E-state index contributed by atoms with van der Waals surface area (Å²) in [7, 11) is 1.79. The van der Waals surface area contributed by atoms with E-state index < -0.39 is 8.80 Å². The van der Waals surface area contributed by atoms with E-state index in [-0.39, 0.29) is 0 Å². The lowest BCUT2D eigenvalue weighted by Gasteiger charge is -2.29. The van der Waals surface area contributed by atoms with Gasteiger partial charge in [-0.3, -0.25) is 0 Å². The molecule has 6 nitrogen and oxygen atoms in total. The van der Waals surface area contributed by atoms with Gasteiger partial charge in [0.25, 0.3) is 0 Å². The molecule has 0 aliphatic rings. The lowest BCUT2D eigenvalue weighted by Crippen LogP contribution is -2.45. The molecule has 0 bridgehead atoms. The minimum atomic E-state index is -3.14. The van der Waals surface area contributed by atoms with E-state index in [9.17, 15) is 0 Å². The fraction of sp³-hybridized carbons (Fsp3) is 0.308. The van der Waals surface area contributed by atoms with Gasteiger partial charge in [-0.25, -0.2) is 0 Å². The molecule has 3 rings (SSSR count). The summed E-state index contributed by atoms with van der Waals surface area (Å²) >= 11 is 6.19. The fourth-order valence-corrected chi connectivity index (χ4v) is 5.97. The summed E-state index contributed by atoms with van der Waals surface area (Å²) in [6.07, 6.45) is 0. The minimum absolute atomic E-state index is 0.346. The molecule has 0 saturated carbocycles. The van der Waals surface area contributed by atoms with Crippen molar-refractivity contribution in [2.24, 2.45) is 0 Å². The summed E-state index contributed by atoms with van der Waals surface area (Å²) in [4.78, 5) is 0. The van der Waals surface area contributed by atoms with Crippen LogP contribution < -0.4 is 14.2 Å². The van der Waals surface area contributed by atoms with E-state index in [0.29, 0.717) is 31.7 Å². The summed E-state index contributed by atoms with van der Waals surface area (Å²) in [5.74, 6) is 2.73. The molecule has 8 heteroatoms. The highest BCUT2D eigenvalue weighted by Crippen LogP contribution is 2.24. The van der Waals surface area contributed by atoms with Gasteiger partial charge in [0.05, 0.1) is 41.2 Å². The van der Waals surface area contributed by atoms with Crippen LogP contribution in [0.4, 0.5) is 0 Å². The molecule has 0 heterocycles. The maximum atomic E-state index is 6.38. The second-order valence-corrected chi connectivity index (χ2v) is 10.6. The van der Waals surface area contributed by atoms with Gasteiger partial charge in [-0.2, -0.15) is 0 Å². The average Bonchev–Trinajstić information content (AvgIpc) is 2.90. The molecular weight excluding hydrogens is 472 g/mol. The van der Waals surface area contributed by atoms with Gasteiger partial charge in [-0.05, 0) is 53.1 Å². The summed E-state index contributed by atoms with van der Waals surface area (Å²) in [6.45, 7) is 1.04. The van der Waals surface area contributed by atoms with Gasteiger partial charge >= 0.3 is 8.80 Å². The largest absolute Gasteiger partial charge is 0.503 e. The topological polar surface area (TPSA) is 55.4 Å². The lowest BCUT2D eigenvalue weighted by molar-refractivity contribution is 0.0440. The number of rotatable bonds is 14. The minimum Gasteiger partial charge on any atom is -0.497 e. The molecule has 0 atom stereocenters. The Bertz CT molecular complexity index is 854. The first-order valence-corrected chi connectivity index (χ1v) is 13.4. The Morgan fingerprint density at radius 3 is 1.06 bits per heavy atom.